The molecule has 1 aromatic heterocycles. The van der Waals surface area contributed by atoms with Crippen LogP contribution in [-0.2, 0) is 9.53 Å². The molecule has 4 nitrogen and oxygen atoms in total. The zero-order valence-corrected chi connectivity index (χ0v) is 12.2. The first kappa shape index (κ1) is 14.3. The van der Waals surface area contributed by atoms with Gasteiger partial charge in [-0.3, -0.25) is 4.98 Å². The molecular weight excluding hydrogens is 254 g/mol. The van der Waals surface area contributed by atoms with E-state index in [1.54, 1.807) is 13.1 Å². The first-order valence-corrected chi connectivity index (χ1v) is 6.59. The van der Waals surface area contributed by atoms with E-state index in [4.69, 9.17) is 9.47 Å². The van der Waals surface area contributed by atoms with E-state index >= 15 is 0 Å². The summed E-state index contributed by atoms with van der Waals surface area (Å²) in [6.07, 6.45) is 1.07. The number of benzene rings is 1. The van der Waals surface area contributed by atoms with E-state index in [1.807, 2.05) is 51.1 Å². The van der Waals surface area contributed by atoms with E-state index in [1.165, 1.54) is 0 Å². The molecule has 0 aliphatic heterocycles. The maximum atomic E-state index is 11.9. The van der Waals surface area contributed by atoms with Crippen LogP contribution in [0.3, 0.4) is 0 Å². The zero-order chi connectivity index (χ0) is 14.8. The summed E-state index contributed by atoms with van der Waals surface area (Å²) in [4.78, 5) is 16.1. The van der Waals surface area contributed by atoms with E-state index < -0.39 is 11.7 Å². The summed E-state index contributed by atoms with van der Waals surface area (Å²) >= 11 is 0. The van der Waals surface area contributed by atoms with Crippen LogP contribution in [0.2, 0.25) is 0 Å². The van der Waals surface area contributed by atoms with Crippen molar-refractivity contribution < 1.29 is 14.3 Å². The highest BCUT2D eigenvalue weighted by Crippen LogP contribution is 2.20. The van der Waals surface area contributed by atoms with E-state index in [9.17, 15) is 4.79 Å². The number of ether oxygens (including phenoxy) is 2. The van der Waals surface area contributed by atoms with Gasteiger partial charge in [0.15, 0.2) is 6.10 Å². The number of carbonyl (C=O) groups excluding carboxylic acids is 1. The lowest BCUT2D eigenvalue weighted by Gasteiger charge is -2.22. The molecule has 1 aromatic carbocycles. The summed E-state index contributed by atoms with van der Waals surface area (Å²) in [5.41, 5.74) is 0.320. The molecule has 0 bridgehead atoms. The molecule has 0 fully saturated rings. The van der Waals surface area contributed by atoms with Gasteiger partial charge < -0.3 is 9.47 Å². The first-order chi connectivity index (χ1) is 9.35. The van der Waals surface area contributed by atoms with Crippen LogP contribution >= 0.6 is 0 Å². The minimum atomic E-state index is -0.657. The van der Waals surface area contributed by atoms with Gasteiger partial charge in [0.2, 0.25) is 0 Å². The van der Waals surface area contributed by atoms with Crippen LogP contribution in [-0.4, -0.2) is 22.7 Å². The van der Waals surface area contributed by atoms with Crippen LogP contribution < -0.4 is 4.74 Å². The van der Waals surface area contributed by atoms with Gasteiger partial charge in [0.25, 0.3) is 0 Å². The number of carbonyl (C=O) groups is 1. The lowest BCUT2D eigenvalue weighted by atomic mass is 10.2. The second-order valence-corrected chi connectivity index (χ2v) is 5.65. The molecule has 2 rings (SSSR count). The van der Waals surface area contributed by atoms with E-state index in [2.05, 4.69) is 4.98 Å². The minimum absolute atomic E-state index is 0.376. The monoisotopic (exact) mass is 273 g/mol. The van der Waals surface area contributed by atoms with Crippen molar-refractivity contribution in [3.8, 4) is 5.75 Å². The first-order valence-electron chi connectivity index (χ1n) is 6.59. The number of aromatic nitrogens is 1. The van der Waals surface area contributed by atoms with E-state index in [-0.39, 0.29) is 5.97 Å². The third-order valence-corrected chi connectivity index (χ3v) is 2.63. The molecule has 0 aliphatic rings. The fourth-order valence-corrected chi connectivity index (χ4v) is 1.76. The standard InChI is InChI=1S/C16H19NO3/c1-11(15(18)20-16(2,3)4)19-13-8-7-12-6-5-9-17-14(12)10-13/h5-11H,1-4H3. The van der Waals surface area contributed by atoms with Crippen molar-refractivity contribution in [1.82, 2.24) is 4.98 Å². The molecule has 0 saturated heterocycles. The average molecular weight is 273 g/mol. The fourth-order valence-electron chi connectivity index (χ4n) is 1.76. The predicted octanol–water partition coefficient (Wildman–Crippen LogP) is 3.34. The number of hydrogen-bond acceptors (Lipinski definition) is 4. The largest absolute Gasteiger partial charge is 0.479 e. The van der Waals surface area contributed by atoms with Gasteiger partial charge in [-0.15, -0.1) is 0 Å². The Morgan fingerprint density at radius 2 is 2.00 bits per heavy atom. The topological polar surface area (TPSA) is 48.4 Å². The van der Waals surface area contributed by atoms with Gasteiger partial charge in [0.05, 0.1) is 5.52 Å². The van der Waals surface area contributed by atoms with Gasteiger partial charge >= 0.3 is 5.97 Å². The molecule has 2 aromatic rings. The number of fused-ring (bicyclic) bond motifs is 1. The molecule has 20 heavy (non-hydrogen) atoms. The summed E-state index contributed by atoms with van der Waals surface area (Å²) in [5.74, 6) is 0.230. The molecule has 4 heteroatoms. The third-order valence-electron chi connectivity index (χ3n) is 2.63. The van der Waals surface area contributed by atoms with Crippen LogP contribution in [0.5, 0.6) is 5.75 Å². The Kier molecular flexibility index (Phi) is 3.93. The smallest absolute Gasteiger partial charge is 0.347 e. The molecule has 1 heterocycles. The summed E-state index contributed by atoms with van der Waals surface area (Å²) in [6, 6.07) is 9.41. The van der Waals surface area contributed by atoms with Gasteiger partial charge in [-0.25, -0.2) is 4.79 Å². The summed E-state index contributed by atoms with van der Waals surface area (Å²) in [7, 11) is 0. The third kappa shape index (κ3) is 3.70. The highest BCUT2D eigenvalue weighted by molar-refractivity contribution is 5.80. The van der Waals surface area contributed by atoms with Gasteiger partial charge in [0.1, 0.15) is 11.4 Å². The van der Waals surface area contributed by atoms with Gasteiger partial charge in [-0.2, -0.15) is 0 Å². The summed E-state index contributed by atoms with van der Waals surface area (Å²) < 4.78 is 10.9. The number of pyridine rings is 1. The van der Waals surface area contributed by atoms with Gasteiger partial charge in [-0.05, 0) is 45.9 Å². The molecule has 1 unspecified atom stereocenters. The van der Waals surface area contributed by atoms with Crippen molar-refractivity contribution in [1.29, 1.82) is 0 Å². The number of esters is 1. The van der Waals surface area contributed by atoms with E-state index in [0.717, 1.165) is 10.9 Å². The second-order valence-electron chi connectivity index (χ2n) is 5.65. The highest BCUT2D eigenvalue weighted by Gasteiger charge is 2.23. The maximum Gasteiger partial charge on any atom is 0.347 e. The molecule has 0 amide bonds. The number of hydrogen-bond donors (Lipinski definition) is 0. The van der Waals surface area contributed by atoms with Crippen molar-refractivity contribution in [2.24, 2.45) is 0 Å². The molecule has 0 saturated carbocycles. The minimum Gasteiger partial charge on any atom is -0.479 e. The van der Waals surface area contributed by atoms with Crippen LogP contribution in [0.15, 0.2) is 36.5 Å². The lowest BCUT2D eigenvalue weighted by molar-refractivity contribution is -0.162. The van der Waals surface area contributed by atoms with Gasteiger partial charge in [-0.1, -0.05) is 6.07 Å². The molecule has 106 valence electrons. The van der Waals surface area contributed by atoms with Crippen LogP contribution in [0, 0.1) is 0 Å². The maximum absolute atomic E-state index is 11.9. The molecule has 1 atom stereocenters. The van der Waals surface area contributed by atoms with Crippen molar-refractivity contribution in [2.75, 3.05) is 0 Å². The molecule has 0 N–H and O–H groups in total. The normalized spacial score (nSPS) is 13.0. The number of nitrogens with zero attached hydrogens (tertiary/aromatic N) is 1. The van der Waals surface area contributed by atoms with Crippen molar-refractivity contribution in [2.45, 2.75) is 39.4 Å². The molecular formula is C16H19NO3. The van der Waals surface area contributed by atoms with Crippen molar-refractivity contribution in [3.05, 3.63) is 36.5 Å². The second kappa shape index (κ2) is 5.49. The van der Waals surface area contributed by atoms with Gasteiger partial charge in [0, 0.05) is 17.6 Å². The van der Waals surface area contributed by atoms with Crippen molar-refractivity contribution >= 4 is 16.9 Å². The average Bonchev–Trinajstić information content (AvgIpc) is 2.36. The molecule has 0 spiro atoms. The Bertz CT molecular complexity index is 616. The lowest BCUT2D eigenvalue weighted by Crippen LogP contribution is -2.33. The zero-order valence-electron chi connectivity index (χ0n) is 12.2. The van der Waals surface area contributed by atoms with Crippen LogP contribution in [0.4, 0.5) is 0 Å². The predicted molar refractivity (Wildman–Crippen MR) is 77.7 cm³/mol. The number of rotatable bonds is 3. The highest BCUT2D eigenvalue weighted by atomic mass is 16.6. The molecule has 0 aliphatic carbocycles. The van der Waals surface area contributed by atoms with Crippen LogP contribution in [0.1, 0.15) is 27.7 Å². The molecule has 0 radical (unpaired) electrons. The SMILES string of the molecule is CC(Oc1ccc2cccnc2c1)C(=O)OC(C)(C)C. The fraction of sp³-hybridized carbons (Fsp3) is 0.375. The Hall–Kier alpha value is -2.10. The summed E-state index contributed by atoms with van der Waals surface area (Å²) in [6.45, 7) is 7.17. The summed E-state index contributed by atoms with van der Waals surface area (Å²) in [5, 5.41) is 1.03. The van der Waals surface area contributed by atoms with Crippen LogP contribution in [0.25, 0.3) is 10.9 Å². The quantitative estimate of drug-likeness (QED) is 0.805. The Labute approximate surface area is 118 Å². The van der Waals surface area contributed by atoms with E-state index in [0.29, 0.717) is 5.75 Å². The van der Waals surface area contributed by atoms with Crippen molar-refractivity contribution in [3.63, 3.8) is 0 Å². The Morgan fingerprint density at radius 1 is 1.25 bits per heavy atom. The Balaban J connectivity index is 2.09. The Morgan fingerprint density at radius 3 is 2.70 bits per heavy atom.